The minimum atomic E-state index is 0.657. The van der Waals surface area contributed by atoms with Gasteiger partial charge in [-0.3, -0.25) is 5.84 Å². The molecule has 0 heterocycles. The number of rotatable bonds is 3. The van der Waals surface area contributed by atoms with Crippen LogP contribution in [0.3, 0.4) is 0 Å². The van der Waals surface area contributed by atoms with Gasteiger partial charge in [-0.25, -0.2) is 0 Å². The van der Waals surface area contributed by atoms with E-state index in [4.69, 9.17) is 11.6 Å². The van der Waals surface area contributed by atoms with Crippen LogP contribution in [0.5, 0.6) is 0 Å². The van der Waals surface area contributed by atoms with Crippen molar-refractivity contribution in [3.05, 3.63) is 11.9 Å². The Labute approximate surface area is 48.9 Å². The Kier molecular flexibility index (Phi) is 4.01. The summed E-state index contributed by atoms with van der Waals surface area (Å²) in [5.41, 5.74) is 8.37. The zero-order chi connectivity index (χ0) is 6.41. The molecule has 8 heavy (non-hydrogen) atoms. The molecule has 0 aliphatic heterocycles. The molecule has 0 unspecified atom stereocenters. The fourth-order valence-corrected chi connectivity index (χ4v) is 0.362. The van der Waals surface area contributed by atoms with E-state index in [-0.39, 0.29) is 0 Å². The number of nitrogens with two attached hydrogens (primary N) is 2. The highest BCUT2D eigenvalue weighted by Gasteiger charge is 1.81. The van der Waals surface area contributed by atoms with Crippen LogP contribution < -0.4 is 22.3 Å². The van der Waals surface area contributed by atoms with Gasteiger partial charge in [0.2, 0.25) is 0 Å². The van der Waals surface area contributed by atoms with Gasteiger partial charge in [0.05, 0.1) is 0 Å². The molecule has 0 aliphatic carbocycles. The lowest BCUT2D eigenvalue weighted by Crippen LogP contribution is -2.22. The van der Waals surface area contributed by atoms with Crippen molar-refractivity contribution in [2.24, 2.45) is 11.6 Å². The second kappa shape index (κ2) is 4.42. The topological polar surface area (TPSA) is 76.1 Å². The van der Waals surface area contributed by atoms with Crippen LogP contribution in [0.1, 0.15) is 0 Å². The molecule has 0 amide bonds. The Morgan fingerprint density at radius 1 is 1.75 bits per heavy atom. The molecule has 0 aromatic rings. The van der Waals surface area contributed by atoms with Crippen molar-refractivity contribution in [3.63, 3.8) is 0 Å². The van der Waals surface area contributed by atoms with E-state index in [1.165, 1.54) is 6.20 Å². The van der Waals surface area contributed by atoms with E-state index >= 15 is 0 Å². The van der Waals surface area contributed by atoms with Gasteiger partial charge >= 0.3 is 0 Å². The van der Waals surface area contributed by atoms with E-state index in [9.17, 15) is 0 Å². The van der Waals surface area contributed by atoms with Gasteiger partial charge in [0.1, 0.15) is 0 Å². The second-order valence-electron chi connectivity index (χ2n) is 1.42. The van der Waals surface area contributed by atoms with E-state index in [1.54, 1.807) is 0 Å². The third kappa shape index (κ3) is 3.45. The van der Waals surface area contributed by atoms with Crippen LogP contribution in [-0.4, -0.2) is 13.6 Å². The molecule has 0 aromatic heterocycles. The van der Waals surface area contributed by atoms with Crippen molar-refractivity contribution in [3.8, 4) is 0 Å². The number of hydrogen-bond donors (Lipinski definition) is 4. The first-order chi connectivity index (χ1) is 3.81. The first-order valence-corrected chi connectivity index (χ1v) is 2.36. The van der Waals surface area contributed by atoms with Crippen molar-refractivity contribution >= 4 is 0 Å². The summed E-state index contributed by atoms with van der Waals surface area (Å²) >= 11 is 0. The molecular formula is C4H12N4. The maximum Gasteiger partial charge on any atom is 0.0395 e. The summed E-state index contributed by atoms with van der Waals surface area (Å²) in [5.74, 6) is 4.93. The maximum absolute atomic E-state index is 5.35. The Bertz CT molecular complexity index is 78.1. The Morgan fingerprint density at radius 2 is 2.38 bits per heavy atom. The molecule has 0 radical (unpaired) electrons. The van der Waals surface area contributed by atoms with Crippen LogP contribution in [0, 0.1) is 0 Å². The average molecular weight is 116 g/mol. The highest BCUT2D eigenvalue weighted by molar-refractivity contribution is 4.95. The van der Waals surface area contributed by atoms with E-state index in [0.717, 1.165) is 0 Å². The molecule has 4 heteroatoms. The standard InChI is InChI=1S/C4H12N4/c1-7-2-4(5)3-8-6/h3,7-8H,2,5-6H2,1H3/b4-3-. The predicted octanol–water partition coefficient (Wildman–Crippen LogP) is -1.53. The van der Waals surface area contributed by atoms with Crippen LogP contribution in [-0.2, 0) is 0 Å². The molecule has 4 nitrogen and oxygen atoms in total. The lowest BCUT2D eigenvalue weighted by atomic mass is 10.5. The largest absolute Gasteiger partial charge is 0.400 e. The lowest BCUT2D eigenvalue weighted by Gasteiger charge is -1.96. The fraction of sp³-hybridized carbons (Fsp3) is 0.500. The van der Waals surface area contributed by atoms with Crippen LogP contribution in [0.2, 0.25) is 0 Å². The summed E-state index contributed by atoms with van der Waals surface area (Å²) in [7, 11) is 1.82. The number of hydrogen-bond acceptors (Lipinski definition) is 4. The number of hydrazine groups is 1. The SMILES string of the molecule is CNC/C(N)=C/NN. The first kappa shape index (κ1) is 7.26. The van der Waals surface area contributed by atoms with E-state index in [1.807, 2.05) is 7.05 Å². The molecule has 0 bridgehead atoms. The Hall–Kier alpha value is -0.740. The van der Waals surface area contributed by atoms with E-state index < -0.39 is 0 Å². The Balaban J connectivity index is 3.29. The summed E-state index contributed by atoms with van der Waals surface area (Å²) in [4.78, 5) is 0. The quantitative estimate of drug-likeness (QED) is 0.266. The third-order valence-corrected chi connectivity index (χ3v) is 0.650. The molecule has 48 valence electrons. The fourth-order valence-electron chi connectivity index (χ4n) is 0.362. The highest BCUT2D eigenvalue weighted by atomic mass is 15.2. The van der Waals surface area contributed by atoms with Gasteiger partial charge in [-0.1, -0.05) is 0 Å². The molecule has 0 aromatic carbocycles. The summed E-state index contributed by atoms with van der Waals surface area (Å²) in [6, 6.07) is 0. The molecule has 0 atom stereocenters. The molecule has 0 spiro atoms. The van der Waals surface area contributed by atoms with Gasteiger partial charge in [-0.15, -0.1) is 0 Å². The molecule has 0 saturated carbocycles. The zero-order valence-corrected chi connectivity index (χ0v) is 4.94. The number of nitrogens with one attached hydrogen (secondary N) is 2. The molecule has 0 fully saturated rings. The van der Waals surface area contributed by atoms with E-state index in [2.05, 4.69) is 10.7 Å². The molecule has 0 aliphatic rings. The number of likely N-dealkylation sites (N-methyl/N-ethyl adjacent to an activating group) is 1. The average Bonchev–Trinajstić information content (AvgIpc) is 1.68. The summed E-state index contributed by atoms with van der Waals surface area (Å²) in [6.45, 7) is 0.657. The Morgan fingerprint density at radius 3 is 2.75 bits per heavy atom. The van der Waals surface area contributed by atoms with Gasteiger partial charge < -0.3 is 16.5 Å². The summed E-state index contributed by atoms with van der Waals surface area (Å²) < 4.78 is 0. The van der Waals surface area contributed by atoms with Crippen molar-refractivity contribution in [1.29, 1.82) is 0 Å². The van der Waals surface area contributed by atoms with E-state index in [0.29, 0.717) is 12.2 Å². The van der Waals surface area contributed by atoms with Gasteiger partial charge in [0.15, 0.2) is 0 Å². The third-order valence-electron chi connectivity index (χ3n) is 0.650. The van der Waals surface area contributed by atoms with Crippen LogP contribution in [0.4, 0.5) is 0 Å². The minimum absolute atomic E-state index is 0.657. The van der Waals surface area contributed by atoms with Crippen LogP contribution in [0.15, 0.2) is 11.9 Å². The highest BCUT2D eigenvalue weighted by Crippen LogP contribution is 1.71. The van der Waals surface area contributed by atoms with Gasteiger partial charge in [0, 0.05) is 18.4 Å². The van der Waals surface area contributed by atoms with Crippen LogP contribution in [0.25, 0.3) is 0 Å². The monoisotopic (exact) mass is 116 g/mol. The van der Waals surface area contributed by atoms with Crippen LogP contribution >= 0.6 is 0 Å². The van der Waals surface area contributed by atoms with Gasteiger partial charge in [0.25, 0.3) is 0 Å². The van der Waals surface area contributed by atoms with Crippen molar-refractivity contribution in [1.82, 2.24) is 10.7 Å². The molecule has 6 N–H and O–H groups in total. The molecule has 0 saturated heterocycles. The second-order valence-corrected chi connectivity index (χ2v) is 1.42. The van der Waals surface area contributed by atoms with Crippen molar-refractivity contribution in [2.75, 3.05) is 13.6 Å². The normalized spacial score (nSPS) is 11.5. The molecular weight excluding hydrogens is 104 g/mol. The molecule has 0 rings (SSSR count). The summed E-state index contributed by atoms with van der Waals surface area (Å²) in [6.07, 6.45) is 1.54. The van der Waals surface area contributed by atoms with Crippen molar-refractivity contribution in [2.45, 2.75) is 0 Å². The van der Waals surface area contributed by atoms with Gasteiger partial charge in [-0.05, 0) is 7.05 Å². The van der Waals surface area contributed by atoms with Gasteiger partial charge in [-0.2, -0.15) is 0 Å². The van der Waals surface area contributed by atoms with Crippen molar-refractivity contribution < 1.29 is 0 Å². The minimum Gasteiger partial charge on any atom is -0.400 e. The predicted molar refractivity (Wildman–Crippen MR) is 33.5 cm³/mol. The zero-order valence-electron chi connectivity index (χ0n) is 4.94. The smallest absolute Gasteiger partial charge is 0.0395 e. The first-order valence-electron chi connectivity index (χ1n) is 2.36. The summed E-state index contributed by atoms with van der Waals surface area (Å²) in [5, 5.41) is 2.86. The lowest BCUT2D eigenvalue weighted by molar-refractivity contribution is 0.844. The maximum atomic E-state index is 5.35.